The van der Waals surface area contributed by atoms with Gasteiger partial charge in [0.2, 0.25) is 5.91 Å². The summed E-state index contributed by atoms with van der Waals surface area (Å²) in [5.41, 5.74) is 0. The SMILES string of the molecule is CCN1CCC[C@H]1CN(CC1CCN(CCOC)CC1)C(=O)CCCn1cncn1. The van der Waals surface area contributed by atoms with E-state index in [2.05, 4.69) is 31.7 Å². The zero-order chi connectivity index (χ0) is 21.2. The second kappa shape index (κ2) is 12.4. The molecule has 0 aliphatic carbocycles. The molecular formula is C22H40N6O2. The maximum Gasteiger partial charge on any atom is 0.222 e. The Morgan fingerprint density at radius 3 is 2.70 bits per heavy atom. The van der Waals surface area contributed by atoms with Crippen molar-refractivity contribution in [2.45, 2.75) is 58.0 Å². The van der Waals surface area contributed by atoms with Crippen LogP contribution < -0.4 is 0 Å². The van der Waals surface area contributed by atoms with E-state index in [1.807, 2.05) is 4.68 Å². The van der Waals surface area contributed by atoms with Crippen LogP contribution in [-0.2, 0) is 16.1 Å². The van der Waals surface area contributed by atoms with E-state index in [9.17, 15) is 4.79 Å². The smallest absolute Gasteiger partial charge is 0.222 e. The predicted octanol–water partition coefficient (Wildman–Crippen LogP) is 1.73. The summed E-state index contributed by atoms with van der Waals surface area (Å²) < 4.78 is 7.03. The van der Waals surface area contributed by atoms with E-state index in [0.29, 0.717) is 24.3 Å². The summed E-state index contributed by atoms with van der Waals surface area (Å²) in [5.74, 6) is 0.916. The zero-order valence-corrected chi connectivity index (χ0v) is 18.9. The monoisotopic (exact) mass is 420 g/mol. The Labute approximate surface area is 181 Å². The van der Waals surface area contributed by atoms with Crippen LogP contribution >= 0.6 is 0 Å². The number of hydrogen-bond acceptors (Lipinski definition) is 6. The first-order valence-corrected chi connectivity index (χ1v) is 11.7. The quantitative estimate of drug-likeness (QED) is 0.513. The molecule has 2 saturated heterocycles. The van der Waals surface area contributed by atoms with Crippen LogP contribution in [0.25, 0.3) is 0 Å². The van der Waals surface area contributed by atoms with E-state index < -0.39 is 0 Å². The van der Waals surface area contributed by atoms with Crippen LogP contribution in [-0.4, -0.2) is 101 Å². The summed E-state index contributed by atoms with van der Waals surface area (Å²) in [6, 6.07) is 0.524. The number of piperidine rings is 1. The fourth-order valence-corrected chi connectivity index (χ4v) is 4.87. The molecule has 3 rings (SSSR count). The maximum absolute atomic E-state index is 13.2. The zero-order valence-electron chi connectivity index (χ0n) is 18.9. The van der Waals surface area contributed by atoms with E-state index in [1.54, 1.807) is 19.8 Å². The van der Waals surface area contributed by atoms with Gasteiger partial charge in [-0.15, -0.1) is 0 Å². The van der Waals surface area contributed by atoms with Crippen LogP contribution in [0.1, 0.15) is 45.4 Å². The van der Waals surface area contributed by atoms with Crippen molar-refractivity contribution >= 4 is 5.91 Å². The van der Waals surface area contributed by atoms with Crippen molar-refractivity contribution in [1.29, 1.82) is 0 Å². The van der Waals surface area contributed by atoms with Crippen LogP contribution in [0.5, 0.6) is 0 Å². The number of carbonyl (C=O) groups is 1. The second-order valence-electron chi connectivity index (χ2n) is 8.76. The first-order chi connectivity index (χ1) is 14.7. The van der Waals surface area contributed by atoms with Crippen LogP contribution in [0.15, 0.2) is 12.7 Å². The van der Waals surface area contributed by atoms with Crippen LogP contribution in [0.3, 0.4) is 0 Å². The van der Waals surface area contributed by atoms with Gasteiger partial charge in [-0.05, 0) is 64.2 Å². The lowest BCUT2D eigenvalue weighted by molar-refractivity contribution is -0.133. The minimum absolute atomic E-state index is 0.305. The van der Waals surface area contributed by atoms with Crippen molar-refractivity contribution in [3.05, 3.63) is 12.7 Å². The number of nitrogens with zero attached hydrogens (tertiary/aromatic N) is 6. The molecule has 0 saturated carbocycles. The van der Waals surface area contributed by atoms with Gasteiger partial charge in [-0.3, -0.25) is 14.4 Å². The van der Waals surface area contributed by atoms with Crippen LogP contribution in [0, 0.1) is 5.92 Å². The molecule has 1 aromatic rings. The van der Waals surface area contributed by atoms with Crippen molar-refractivity contribution in [3.8, 4) is 0 Å². The first-order valence-electron chi connectivity index (χ1n) is 11.7. The lowest BCUT2D eigenvalue weighted by atomic mass is 9.95. The molecule has 8 heteroatoms. The van der Waals surface area contributed by atoms with E-state index in [4.69, 9.17) is 4.74 Å². The summed E-state index contributed by atoms with van der Waals surface area (Å²) in [6.45, 7) is 11.1. The number of carbonyl (C=O) groups excluding carboxylic acids is 1. The molecule has 0 N–H and O–H groups in total. The Kier molecular flexibility index (Phi) is 9.55. The standard InChI is InChI=1S/C22H40N6O2/c1-3-26-10-4-6-21(26)17-27(22(29)7-5-11-28-19-23-18-24-28)16-20-8-12-25(13-9-20)14-15-30-2/h18-21H,3-17H2,1-2H3/t21-/m0/s1. The third-order valence-electron chi connectivity index (χ3n) is 6.73. The summed E-state index contributed by atoms with van der Waals surface area (Å²) in [6.07, 6.45) is 9.49. The van der Waals surface area contributed by atoms with Gasteiger partial charge in [-0.25, -0.2) is 4.98 Å². The average Bonchev–Trinajstić information content (AvgIpc) is 3.44. The fourth-order valence-electron chi connectivity index (χ4n) is 4.87. The van der Waals surface area contributed by atoms with Gasteiger partial charge in [0.25, 0.3) is 0 Å². The highest BCUT2D eigenvalue weighted by Crippen LogP contribution is 2.22. The highest BCUT2D eigenvalue weighted by Gasteiger charge is 2.29. The molecule has 3 heterocycles. The normalized spacial score (nSPS) is 21.3. The molecule has 0 bridgehead atoms. The molecule has 1 amide bonds. The molecule has 1 aromatic heterocycles. The molecule has 2 aliphatic heterocycles. The third kappa shape index (κ3) is 7.03. The lowest BCUT2D eigenvalue weighted by Gasteiger charge is -2.36. The number of methoxy groups -OCH3 is 1. The molecular weight excluding hydrogens is 380 g/mol. The number of amides is 1. The Morgan fingerprint density at radius 2 is 2.00 bits per heavy atom. The number of likely N-dealkylation sites (N-methyl/N-ethyl adjacent to an activating group) is 1. The van der Waals surface area contributed by atoms with Crippen molar-refractivity contribution < 1.29 is 9.53 Å². The molecule has 170 valence electrons. The Balaban J connectivity index is 1.51. The highest BCUT2D eigenvalue weighted by atomic mass is 16.5. The third-order valence-corrected chi connectivity index (χ3v) is 6.73. The lowest BCUT2D eigenvalue weighted by Crippen LogP contribution is -2.46. The van der Waals surface area contributed by atoms with Crippen molar-refractivity contribution in [1.82, 2.24) is 29.5 Å². The van der Waals surface area contributed by atoms with Gasteiger partial charge in [0.05, 0.1) is 6.61 Å². The number of ether oxygens (including phenoxy) is 1. The van der Waals surface area contributed by atoms with Crippen LogP contribution in [0.4, 0.5) is 0 Å². The number of likely N-dealkylation sites (tertiary alicyclic amines) is 2. The van der Waals surface area contributed by atoms with E-state index in [0.717, 1.165) is 58.8 Å². The predicted molar refractivity (Wildman–Crippen MR) is 117 cm³/mol. The second-order valence-corrected chi connectivity index (χ2v) is 8.76. The van der Waals surface area contributed by atoms with E-state index >= 15 is 0 Å². The largest absolute Gasteiger partial charge is 0.383 e. The number of rotatable bonds is 12. The first kappa shape index (κ1) is 23.2. The molecule has 0 aromatic carbocycles. The molecule has 2 fully saturated rings. The molecule has 30 heavy (non-hydrogen) atoms. The summed E-state index contributed by atoms with van der Waals surface area (Å²) in [4.78, 5) is 24.4. The van der Waals surface area contributed by atoms with Gasteiger partial charge in [-0.1, -0.05) is 6.92 Å². The van der Waals surface area contributed by atoms with Gasteiger partial charge in [-0.2, -0.15) is 5.10 Å². The summed E-state index contributed by atoms with van der Waals surface area (Å²) in [7, 11) is 1.77. The van der Waals surface area contributed by atoms with Crippen LogP contribution in [0.2, 0.25) is 0 Å². The molecule has 2 aliphatic rings. The summed E-state index contributed by atoms with van der Waals surface area (Å²) >= 11 is 0. The summed E-state index contributed by atoms with van der Waals surface area (Å²) in [5, 5.41) is 4.14. The Hall–Kier alpha value is -1.51. The molecule has 8 nitrogen and oxygen atoms in total. The van der Waals surface area contributed by atoms with Crippen molar-refractivity contribution in [3.63, 3.8) is 0 Å². The number of aromatic nitrogens is 3. The van der Waals surface area contributed by atoms with Gasteiger partial charge < -0.3 is 14.5 Å². The number of aryl methyl sites for hydroxylation is 1. The molecule has 0 radical (unpaired) electrons. The molecule has 1 atom stereocenters. The van der Waals surface area contributed by atoms with Gasteiger partial charge >= 0.3 is 0 Å². The van der Waals surface area contributed by atoms with Crippen molar-refractivity contribution in [2.24, 2.45) is 5.92 Å². The molecule has 0 spiro atoms. The van der Waals surface area contributed by atoms with E-state index in [1.165, 1.54) is 32.2 Å². The average molecular weight is 421 g/mol. The van der Waals surface area contributed by atoms with Gasteiger partial charge in [0, 0.05) is 45.8 Å². The van der Waals surface area contributed by atoms with E-state index in [-0.39, 0.29) is 0 Å². The minimum Gasteiger partial charge on any atom is -0.383 e. The maximum atomic E-state index is 13.2. The minimum atomic E-state index is 0.305. The number of hydrogen-bond donors (Lipinski definition) is 0. The molecule has 0 unspecified atom stereocenters. The Morgan fingerprint density at radius 1 is 1.17 bits per heavy atom. The fraction of sp³-hybridized carbons (Fsp3) is 0.864. The Bertz CT molecular complexity index is 603. The van der Waals surface area contributed by atoms with Crippen molar-refractivity contribution in [2.75, 3.05) is 59.5 Å². The topological polar surface area (TPSA) is 66.7 Å². The van der Waals surface area contributed by atoms with Gasteiger partial charge in [0.15, 0.2) is 0 Å². The highest BCUT2D eigenvalue weighted by molar-refractivity contribution is 5.76. The van der Waals surface area contributed by atoms with Gasteiger partial charge in [0.1, 0.15) is 12.7 Å².